The Morgan fingerprint density at radius 3 is 2.91 bits per heavy atom. The summed E-state index contributed by atoms with van der Waals surface area (Å²) in [6, 6.07) is 0. The standard InChI is InChI=1S/C6H9N3O2/c10-6(5-3-11-4-5)9-2-1-7-8-9/h1-2,5-6,10H,3-4H2. The number of aliphatic hydroxyl groups is 1. The zero-order valence-electron chi connectivity index (χ0n) is 5.92. The van der Waals surface area contributed by atoms with Crippen LogP contribution in [0.15, 0.2) is 12.4 Å². The Morgan fingerprint density at radius 2 is 2.45 bits per heavy atom. The summed E-state index contributed by atoms with van der Waals surface area (Å²) >= 11 is 0. The molecule has 1 unspecified atom stereocenters. The zero-order chi connectivity index (χ0) is 7.68. The number of rotatable bonds is 2. The minimum atomic E-state index is -0.578. The lowest BCUT2D eigenvalue weighted by Gasteiger charge is -2.29. The molecule has 2 rings (SSSR count). The number of nitrogens with zero attached hydrogens (tertiary/aromatic N) is 3. The number of aliphatic hydroxyl groups excluding tert-OH is 1. The quantitative estimate of drug-likeness (QED) is 0.620. The van der Waals surface area contributed by atoms with Crippen molar-refractivity contribution >= 4 is 0 Å². The van der Waals surface area contributed by atoms with E-state index in [1.165, 1.54) is 4.68 Å². The molecule has 11 heavy (non-hydrogen) atoms. The molecule has 5 heteroatoms. The first-order valence-corrected chi connectivity index (χ1v) is 3.49. The van der Waals surface area contributed by atoms with Crippen LogP contribution in [0, 0.1) is 5.92 Å². The van der Waals surface area contributed by atoms with Crippen molar-refractivity contribution in [3.63, 3.8) is 0 Å². The van der Waals surface area contributed by atoms with E-state index in [0.29, 0.717) is 13.2 Å². The smallest absolute Gasteiger partial charge is 0.155 e. The summed E-state index contributed by atoms with van der Waals surface area (Å²) in [6.07, 6.45) is 2.61. The van der Waals surface area contributed by atoms with Crippen LogP contribution in [0.25, 0.3) is 0 Å². The molecule has 1 aliphatic rings. The fourth-order valence-electron chi connectivity index (χ4n) is 1.00. The van der Waals surface area contributed by atoms with Crippen molar-refractivity contribution < 1.29 is 9.84 Å². The van der Waals surface area contributed by atoms with Crippen molar-refractivity contribution in [1.82, 2.24) is 15.0 Å². The fraction of sp³-hybridized carbons (Fsp3) is 0.667. The minimum Gasteiger partial charge on any atom is -0.380 e. The maximum Gasteiger partial charge on any atom is 0.155 e. The number of ether oxygens (including phenoxy) is 1. The van der Waals surface area contributed by atoms with Crippen molar-refractivity contribution in [3.05, 3.63) is 12.4 Å². The topological polar surface area (TPSA) is 60.2 Å². The molecule has 1 aromatic heterocycles. The van der Waals surface area contributed by atoms with Crippen LogP contribution in [-0.4, -0.2) is 33.3 Å². The molecule has 60 valence electrons. The Labute approximate surface area is 63.6 Å². The maximum atomic E-state index is 9.51. The van der Waals surface area contributed by atoms with E-state index in [0.717, 1.165) is 0 Å². The van der Waals surface area contributed by atoms with Gasteiger partial charge in [-0.1, -0.05) is 5.21 Å². The monoisotopic (exact) mass is 155 g/mol. The van der Waals surface area contributed by atoms with Crippen LogP contribution in [0.4, 0.5) is 0 Å². The molecule has 2 heterocycles. The summed E-state index contributed by atoms with van der Waals surface area (Å²) in [5.41, 5.74) is 0. The van der Waals surface area contributed by atoms with Gasteiger partial charge in [0, 0.05) is 6.20 Å². The second-order valence-corrected chi connectivity index (χ2v) is 2.59. The Bertz CT molecular complexity index is 220. The van der Waals surface area contributed by atoms with Crippen molar-refractivity contribution in [3.8, 4) is 0 Å². The summed E-state index contributed by atoms with van der Waals surface area (Å²) in [4.78, 5) is 0. The van der Waals surface area contributed by atoms with Gasteiger partial charge >= 0.3 is 0 Å². The molecular weight excluding hydrogens is 146 g/mol. The molecule has 5 nitrogen and oxygen atoms in total. The van der Waals surface area contributed by atoms with Gasteiger partial charge in [0.2, 0.25) is 0 Å². The van der Waals surface area contributed by atoms with Crippen molar-refractivity contribution in [2.24, 2.45) is 5.92 Å². The average molecular weight is 155 g/mol. The molecule has 0 saturated carbocycles. The predicted molar refractivity (Wildman–Crippen MR) is 35.6 cm³/mol. The molecule has 0 spiro atoms. The maximum absolute atomic E-state index is 9.51. The summed E-state index contributed by atoms with van der Waals surface area (Å²) < 4.78 is 6.37. The van der Waals surface area contributed by atoms with Gasteiger partial charge in [0.1, 0.15) is 0 Å². The van der Waals surface area contributed by atoms with Gasteiger partial charge in [-0.15, -0.1) is 5.10 Å². The van der Waals surface area contributed by atoms with E-state index in [2.05, 4.69) is 10.3 Å². The van der Waals surface area contributed by atoms with Crippen LogP contribution in [0.2, 0.25) is 0 Å². The molecule has 0 radical (unpaired) electrons. The molecule has 0 bridgehead atoms. The largest absolute Gasteiger partial charge is 0.380 e. The molecule has 1 fully saturated rings. The van der Waals surface area contributed by atoms with E-state index in [-0.39, 0.29) is 5.92 Å². The highest BCUT2D eigenvalue weighted by molar-refractivity contribution is 4.75. The van der Waals surface area contributed by atoms with Gasteiger partial charge in [-0.05, 0) is 0 Å². The second-order valence-electron chi connectivity index (χ2n) is 2.59. The normalized spacial score (nSPS) is 21.2. The summed E-state index contributed by atoms with van der Waals surface area (Å²) in [6.45, 7) is 1.22. The SMILES string of the molecule is OC(C1COC1)n1ccnn1. The van der Waals surface area contributed by atoms with Gasteiger partial charge in [0.05, 0.1) is 25.3 Å². The lowest BCUT2D eigenvalue weighted by Crippen LogP contribution is -2.36. The first kappa shape index (κ1) is 6.75. The molecule has 0 aromatic carbocycles. The molecule has 1 N–H and O–H groups in total. The molecule has 1 aliphatic heterocycles. The summed E-state index contributed by atoms with van der Waals surface area (Å²) in [5, 5.41) is 16.8. The highest BCUT2D eigenvalue weighted by atomic mass is 16.5. The lowest BCUT2D eigenvalue weighted by atomic mass is 10.1. The number of hydrogen-bond acceptors (Lipinski definition) is 4. The Balaban J connectivity index is 2.04. The van der Waals surface area contributed by atoms with Crippen LogP contribution in [0.3, 0.4) is 0 Å². The first-order valence-electron chi connectivity index (χ1n) is 3.49. The third-order valence-corrected chi connectivity index (χ3v) is 1.80. The van der Waals surface area contributed by atoms with Gasteiger partial charge < -0.3 is 9.84 Å². The van der Waals surface area contributed by atoms with Gasteiger partial charge in [0.25, 0.3) is 0 Å². The molecule has 1 atom stereocenters. The fourth-order valence-corrected chi connectivity index (χ4v) is 1.00. The van der Waals surface area contributed by atoms with E-state index >= 15 is 0 Å². The van der Waals surface area contributed by atoms with Crippen LogP contribution in [0.1, 0.15) is 6.23 Å². The van der Waals surface area contributed by atoms with E-state index in [4.69, 9.17) is 4.74 Å². The first-order chi connectivity index (χ1) is 5.38. The van der Waals surface area contributed by atoms with Gasteiger partial charge in [-0.3, -0.25) is 0 Å². The molecular formula is C6H9N3O2. The van der Waals surface area contributed by atoms with Crippen molar-refractivity contribution in [2.75, 3.05) is 13.2 Å². The molecule has 1 aromatic rings. The van der Waals surface area contributed by atoms with Gasteiger partial charge in [-0.25, -0.2) is 4.68 Å². The summed E-state index contributed by atoms with van der Waals surface area (Å²) in [5.74, 6) is 0.177. The molecule has 0 amide bonds. The van der Waals surface area contributed by atoms with Crippen molar-refractivity contribution in [1.29, 1.82) is 0 Å². The molecule has 0 aliphatic carbocycles. The van der Waals surface area contributed by atoms with Crippen LogP contribution >= 0.6 is 0 Å². The number of hydrogen-bond donors (Lipinski definition) is 1. The van der Waals surface area contributed by atoms with E-state index in [1.54, 1.807) is 12.4 Å². The van der Waals surface area contributed by atoms with E-state index in [1.807, 2.05) is 0 Å². The molecule has 1 saturated heterocycles. The van der Waals surface area contributed by atoms with Crippen molar-refractivity contribution in [2.45, 2.75) is 6.23 Å². The van der Waals surface area contributed by atoms with Crippen LogP contribution < -0.4 is 0 Å². The third-order valence-electron chi connectivity index (χ3n) is 1.80. The van der Waals surface area contributed by atoms with Crippen LogP contribution in [0.5, 0.6) is 0 Å². The van der Waals surface area contributed by atoms with Crippen LogP contribution in [-0.2, 0) is 4.74 Å². The number of aromatic nitrogens is 3. The Morgan fingerprint density at radius 1 is 1.64 bits per heavy atom. The van der Waals surface area contributed by atoms with Gasteiger partial charge in [0.15, 0.2) is 6.23 Å². The van der Waals surface area contributed by atoms with Gasteiger partial charge in [-0.2, -0.15) is 0 Å². The Hall–Kier alpha value is -0.940. The summed E-state index contributed by atoms with van der Waals surface area (Å²) in [7, 11) is 0. The zero-order valence-corrected chi connectivity index (χ0v) is 5.92. The van der Waals surface area contributed by atoms with E-state index in [9.17, 15) is 5.11 Å². The highest BCUT2D eigenvalue weighted by Gasteiger charge is 2.28. The minimum absolute atomic E-state index is 0.177. The Kier molecular flexibility index (Phi) is 1.59. The highest BCUT2D eigenvalue weighted by Crippen LogP contribution is 2.21. The third kappa shape index (κ3) is 1.12. The second kappa shape index (κ2) is 2.60. The van der Waals surface area contributed by atoms with E-state index < -0.39 is 6.23 Å². The predicted octanol–water partition coefficient (Wildman–Crippen LogP) is -0.585. The average Bonchev–Trinajstić information content (AvgIpc) is 2.32. The lowest BCUT2D eigenvalue weighted by molar-refractivity contribution is -0.121.